The zero-order chi connectivity index (χ0) is 20.0. The number of anilines is 1. The Morgan fingerprint density at radius 1 is 1.04 bits per heavy atom. The predicted molar refractivity (Wildman–Crippen MR) is 90.5 cm³/mol. The minimum Gasteiger partial charge on any atom is -0.343 e. The molecule has 27 heavy (non-hydrogen) atoms. The van der Waals surface area contributed by atoms with Crippen LogP contribution in [0.4, 0.5) is 27.6 Å². The van der Waals surface area contributed by atoms with E-state index in [0.29, 0.717) is 6.07 Å². The van der Waals surface area contributed by atoms with Gasteiger partial charge in [0.2, 0.25) is 5.91 Å². The molecule has 144 valence electrons. The van der Waals surface area contributed by atoms with Crippen molar-refractivity contribution in [2.24, 2.45) is 0 Å². The molecule has 4 nitrogen and oxygen atoms in total. The molecule has 0 saturated carbocycles. The lowest BCUT2D eigenvalue weighted by atomic mass is 10.1. The van der Waals surface area contributed by atoms with Gasteiger partial charge in [-0.3, -0.25) is 9.59 Å². The van der Waals surface area contributed by atoms with Crippen LogP contribution in [-0.2, 0) is 4.79 Å². The Kier molecular flexibility index (Phi) is 6.78. The maximum Gasteiger partial charge on any atom is 0.405 e. The molecule has 2 rings (SSSR count). The number of hydrogen-bond acceptors (Lipinski definition) is 3. The lowest BCUT2D eigenvalue weighted by Gasteiger charge is -2.12. The summed E-state index contributed by atoms with van der Waals surface area (Å²) in [4.78, 5) is 24.0. The molecule has 0 unspecified atom stereocenters. The Labute approximate surface area is 155 Å². The first kappa shape index (κ1) is 20.7. The van der Waals surface area contributed by atoms with Crippen molar-refractivity contribution in [2.45, 2.75) is 11.1 Å². The lowest BCUT2D eigenvalue weighted by molar-refractivity contribution is -0.123. The third kappa shape index (κ3) is 6.55. The van der Waals surface area contributed by atoms with Gasteiger partial charge in [-0.15, -0.1) is 11.8 Å². The van der Waals surface area contributed by atoms with Gasteiger partial charge in [-0.2, -0.15) is 13.2 Å². The molecule has 2 amide bonds. The zero-order valence-electron chi connectivity index (χ0n) is 13.6. The van der Waals surface area contributed by atoms with Crippen LogP contribution >= 0.6 is 11.8 Å². The van der Waals surface area contributed by atoms with Gasteiger partial charge in [-0.25, -0.2) is 8.78 Å². The van der Waals surface area contributed by atoms with Gasteiger partial charge in [0.15, 0.2) is 0 Å². The van der Waals surface area contributed by atoms with Gasteiger partial charge in [0.1, 0.15) is 18.2 Å². The van der Waals surface area contributed by atoms with Crippen molar-refractivity contribution in [2.75, 3.05) is 17.6 Å². The molecule has 0 fully saturated rings. The van der Waals surface area contributed by atoms with Crippen LogP contribution in [0.1, 0.15) is 10.4 Å². The summed E-state index contributed by atoms with van der Waals surface area (Å²) in [6.45, 7) is -1.51. The van der Waals surface area contributed by atoms with E-state index in [1.165, 1.54) is 30.3 Å². The highest BCUT2D eigenvalue weighted by molar-refractivity contribution is 8.00. The van der Waals surface area contributed by atoms with E-state index >= 15 is 0 Å². The number of nitrogens with one attached hydrogen (secondary N) is 2. The van der Waals surface area contributed by atoms with E-state index in [1.54, 1.807) is 5.32 Å². The van der Waals surface area contributed by atoms with Crippen LogP contribution in [0, 0.1) is 11.6 Å². The Balaban J connectivity index is 2.00. The van der Waals surface area contributed by atoms with Crippen LogP contribution in [0.3, 0.4) is 0 Å². The number of halogens is 5. The fourth-order valence-corrected chi connectivity index (χ4v) is 2.71. The zero-order valence-corrected chi connectivity index (χ0v) is 14.4. The second-order valence-corrected chi connectivity index (χ2v) is 6.27. The third-order valence-corrected chi connectivity index (χ3v) is 4.20. The molecule has 0 bridgehead atoms. The summed E-state index contributed by atoms with van der Waals surface area (Å²) in [6.07, 6.45) is -4.57. The maximum atomic E-state index is 13.5. The minimum absolute atomic E-state index is 0.0161. The maximum absolute atomic E-state index is 13.5. The predicted octanol–water partition coefficient (Wildman–Crippen LogP) is 3.99. The molecule has 2 aromatic rings. The number of rotatable bonds is 6. The smallest absolute Gasteiger partial charge is 0.343 e. The molecule has 0 radical (unpaired) electrons. The van der Waals surface area contributed by atoms with Crippen molar-refractivity contribution < 1.29 is 31.5 Å². The number of carbonyl (C=O) groups is 2. The molecule has 0 saturated heterocycles. The topological polar surface area (TPSA) is 58.2 Å². The Morgan fingerprint density at radius 2 is 1.74 bits per heavy atom. The van der Waals surface area contributed by atoms with Crippen LogP contribution in [-0.4, -0.2) is 30.3 Å². The molecule has 2 aromatic carbocycles. The highest BCUT2D eigenvalue weighted by Crippen LogP contribution is 2.23. The van der Waals surface area contributed by atoms with Gasteiger partial charge in [-0.05, 0) is 24.3 Å². The van der Waals surface area contributed by atoms with Crippen LogP contribution in [0.2, 0.25) is 0 Å². The molecule has 0 atom stereocenters. The number of thioether (sulfide) groups is 1. The largest absolute Gasteiger partial charge is 0.405 e. The van der Waals surface area contributed by atoms with Gasteiger partial charge < -0.3 is 10.6 Å². The van der Waals surface area contributed by atoms with Crippen molar-refractivity contribution in [1.82, 2.24) is 5.32 Å². The number of amides is 2. The Morgan fingerprint density at radius 3 is 2.41 bits per heavy atom. The first-order chi connectivity index (χ1) is 12.7. The molecule has 0 aromatic heterocycles. The molecule has 10 heteroatoms. The average Bonchev–Trinajstić information content (AvgIpc) is 2.59. The van der Waals surface area contributed by atoms with E-state index in [2.05, 4.69) is 5.32 Å². The second-order valence-electron chi connectivity index (χ2n) is 5.26. The Bertz CT molecular complexity index is 842. The van der Waals surface area contributed by atoms with Crippen molar-refractivity contribution in [3.05, 3.63) is 59.7 Å². The van der Waals surface area contributed by atoms with Crippen LogP contribution in [0.15, 0.2) is 47.4 Å². The second kappa shape index (κ2) is 8.85. The number of hydrogen-bond donors (Lipinski definition) is 2. The monoisotopic (exact) mass is 404 g/mol. The van der Waals surface area contributed by atoms with Crippen LogP contribution in [0.5, 0.6) is 0 Å². The van der Waals surface area contributed by atoms with E-state index in [9.17, 15) is 31.5 Å². The van der Waals surface area contributed by atoms with Crippen molar-refractivity contribution in [3.63, 3.8) is 0 Å². The molecular formula is C17H13F5N2O2S. The summed E-state index contributed by atoms with van der Waals surface area (Å²) >= 11 is 0.808. The summed E-state index contributed by atoms with van der Waals surface area (Å²) < 4.78 is 63.1. The molecule has 0 spiro atoms. The fraction of sp³-hybridized carbons (Fsp3) is 0.176. The Hall–Kier alpha value is -2.62. The van der Waals surface area contributed by atoms with Gasteiger partial charge >= 0.3 is 6.18 Å². The van der Waals surface area contributed by atoms with E-state index in [-0.39, 0.29) is 21.9 Å². The van der Waals surface area contributed by atoms with Crippen LogP contribution < -0.4 is 10.6 Å². The molecule has 2 N–H and O–H groups in total. The number of para-hydroxylation sites is 1. The summed E-state index contributed by atoms with van der Waals surface area (Å²) in [5.74, 6) is -3.43. The quantitative estimate of drug-likeness (QED) is 0.566. The van der Waals surface area contributed by atoms with Gasteiger partial charge in [0.05, 0.1) is 17.0 Å². The SMILES string of the molecule is O=C(CSc1ccc(F)cc1F)Nc1ccccc1C(=O)NCC(F)(F)F. The molecular weight excluding hydrogens is 391 g/mol. The first-order valence-corrected chi connectivity index (χ1v) is 8.46. The van der Waals surface area contributed by atoms with Gasteiger partial charge in [0.25, 0.3) is 5.91 Å². The normalized spacial score (nSPS) is 11.1. The third-order valence-electron chi connectivity index (χ3n) is 3.15. The highest BCUT2D eigenvalue weighted by Gasteiger charge is 2.28. The standard InChI is InChI=1S/C17H13F5N2O2S/c18-10-5-6-14(12(19)7-10)27-8-15(25)24-13-4-2-1-3-11(13)16(26)23-9-17(20,21)22/h1-7H,8-9H2,(H,23,26)(H,24,25). The fourth-order valence-electron chi connectivity index (χ4n) is 1.99. The van der Waals surface area contributed by atoms with Crippen molar-refractivity contribution >= 4 is 29.3 Å². The van der Waals surface area contributed by atoms with E-state index in [4.69, 9.17) is 0 Å². The van der Waals surface area contributed by atoms with Crippen molar-refractivity contribution in [3.8, 4) is 0 Å². The van der Waals surface area contributed by atoms with Crippen molar-refractivity contribution in [1.29, 1.82) is 0 Å². The summed E-state index contributed by atoms with van der Waals surface area (Å²) in [6, 6.07) is 8.44. The first-order valence-electron chi connectivity index (χ1n) is 7.47. The molecule has 0 heterocycles. The number of carbonyl (C=O) groups excluding carboxylic acids is 2. The van der Waals surface area contributed by atoms with Crippen LogP contribution in [0.25, 0.3) is 0 Å². The lowest BCUT2D eigenvalue weighted by Crippen LogP contribution is -2.34. The highest BCUT2D eigenvalue weighted by atomic mass is 32.2. The average molecular weight is 404 g/mol. The number of benzene rings is 2. The summed E-state index contributed by atoms with van der Waals surface area (Å²) in [5.41, 5.74) is -0.129. The summed E-state index contributed by atoms with van der Waals surface area (Å²) in [5, 5.41) is 4.11. The van der Waals surface area contributed by atoms with E-state index in [0.717, 1.165) is 17.8 Å². The molecule has 0 aliphatic rings. The molecule has 0 aliphatic heterocycles. The van der Waals surface area contributed by atoms with Gasteiger partial charge in [0, 0.05) is 11.0 Å². The molecule has 0 aliphatic carbocycles. The minimum atomic E-state index is -4.57. The van der Waals surface area contributed by atoms with E-state index < -0.39 is 36.2 Å². The number of alkyl halides is 3. The van der Waals surface area contributed by atoms with E-state index in [1.807, 2.05) is 0 Å². The van der Waals surface area contributed by atoms with Gasteiger partial charge in [-0.1, -0.05) is 12.1 Å². The summed E-state index contributed by atoms with van der Waals surface area (Å²) in [7, 11) is 0.